The van der Waals surface area contributed by atoms with Gasteiger partial charge in [0.2, 0.25) is 0 Å². The van der Waals surface area contributed by atoms with Gasteiger partial charge in [-0.15, -0.1) is 11.3 Å². The molecule has 0 saturated carbocycles. The van der Waals surface area contributed by atoms with Crippen LogP contribution in [0.2, 0.25) is 5.02 Å². The summed E-state index contributed by atoms with van der Waals surface area (Å²) in [6.45, 7) is 0. The third-order valence-corrected chi connectivity index (χ3v) is 5.19. The Morgan fingerprint density at radius 1 is 1.15 bits per heavy atom. The van der Waals surface area contributed by atoms with Crippen molar-refractivity contribution >= 4 is 34.0 Å². The standard InChI is InChI=1S/C19H14ClN5OS/c20-17-4-2-1-3-14(17)9-16-10-22-19(27-16)24-18(26)13-5-7-15(8-6-13)25-12-21-11-23-25/h1-8,10-12H,9H2,(H,22,24,26). The zero-order valence-corrected chi connectivity index (χ0v) is 15.6. The number of nitrogens with one attached hydrogen (secondary N) is 1. The Balaban J connectivity index is 1.43. The van der Waals surface area contributed by atoms with Gasteiger partial charge in [0, 0.05) is 28.1 Å². The van der Waals surface area contributed by atoms with Crippen LogP contribution >= 0.6 is 22.9 Å². The molecule has 0 aliphatic rings. The summed E-state index contributed by atoms with van der Waals surface area (Å²) in [7, 11) is 0. The van der Waals surface area contributed by atoms with Gasteiger partial charge in [-0.05, 0) is 35.9 Å². The molecule has 1 N–H and O–H groups in total. The molecule has 0 radical (unpaired) electrons. The number of carbonyl (C=O) groups is 1. The Bertz CT molecular complexity index is 1060. The maximum atomic E-state index is 12.4. The summed E-state index contributed by atoms with van der Waals surface area (Å²) < 4.78 is 1.63. The maximum Gasteiger partial charge on any atom is 0.257 e. The molecule has 8 heteroatoms. The third-order valence-electron chi connectivity index (χ3n) is 3.91. The lowest BCUT2D eigenvalue weighted by Gasteiger charge is -2.04. The average molecular weight is 396 g/mol. The van der Waals surface area contributed by atoms with Gasteiger partial charge in [-0.25, -0.2) is 14.6 Å². The smallest absolute Gasteiger partial charge is 0.257 e. The SMILES string of the molecule is O=C(Nc1ncc(Cc2ccccc2Cl)s1)c1ccc(-n2cncn2)cc1. The molecule has 2 aromatic heterocycles. The van der Waals surface area contributed by atoms with E-state index >= 15 is 0 Å². The minimum atomic E-state index is -0.209. The van der Waals surface area contributed by atoms with Crippen molar-refractivity contribution in [1.29, 1.82) is 0 Å². The highest BCUT2D eigenvalue weighted by molar-refractivity contribution is 7.15. The van der Waals surface area contributed by atoms with E-state index in [0.717, 1.165) is 21.2 Å². The second kappa shape index (κ2) is 7.69. The number of hydrogen-bond acceptors (Lipinski definition) is 5. The lowest BCUT2D eigenvalue weighted by Crippen LogP contribution is -2.11. The molecule has 0 unspecified atom stereocenters. The Morgan fingerprint density at radius 3 is 2.70 bits per heavy atom. The highest BCUT2D eigenvalue weighted by atomic mass is 35.5. The summed E-state index contributed by atoms with van der Waals surface area (Å²) in [5, 5.41) is 8.18. The van der Waals surface area contributed by atoms with Gasteiger partial charge in [0.25, 0.3) is 5.91 Å². The Kier molecular flexibility index (Phi) is 4.95. The monoisotopic (exact) mass is 395 g/mol. The molecule has 0 spiro atoms. The van der Waals surface area contributed by atoms with Crippen molar-refractivity contribution in [3.8, 4) is 5.69 Å². The Morgan fingerprint density at radius 2 is 1.96 bits per heavy atom. The molecule has 4 rings (SSSR count). The summed E-state index contributed by atoms with van der Waals surface area (Å²) in [5.41, 5.74) is 2.41. The van der Waals surface area contributed by atoms with Crippen LogP contribution in [-0.2, 0) is 6.42 Å². The highest BCUT2D eigenvalue weighted by Crippen LogP contribution is 2.25. The van der Waals surface area contributed by atoms with E-state index in [0.29, 0.717) is 17.1 Å². The first-order valence-electron chi connectivity index (χ1n) is 8.13. The van der Waals surface area contributed by atoms with Gasteiger partial charge in [0.15, 0.2) is 5.13 Å². The first kappa shape index (κ1) is 17.4. The quantitative estimate of drug-likeness (QED) is 0.549. The number of thiazole rings is 1. The van der Waals surface area contributed by atoms with Crippen LogP contribution in [0.25, 0.3) is 5.69 Å². The second-order valence-electron chi connectivity index (χ2n) is 5.74. The molecule has 0 aliphatic heterocycles. The van der Waals surface area contributed by atoms with Gasteiger partial charge < -0.3 is 0 Å². The zero-order valence-electron chi connectivity index (χ0n) is 14.0. The number of halogens is 1. The van der Waals surface area contributed by atoms with E-state index in [-0.39, 0.29) is 5.91 Å². The number of anilines is 1. The normalized spacial score (nSPS) is 10.7. The van der Waals surface area contributed by atoms with Crippen molar-refractivity contribution in [3.63, 3.8) is 0 Å². The van der Waals surface area contributed by atoms with Gasteiger partial charge in [0.05, 0.1) is 5.69 Å². The molecule has 0 aliphatic carbocycles. The molecule has 0 saturated heterocycles. The molecule has 0 atom stereocenters. The third kappa shape index (κ3) is 4.05. The second-order valence-corrected chi connectivity index (χ2v) is 7.26. The fourth-order valence-corrected chi connectivity index (χ4v) is 3.59. The molecule has 1 amide bonds. The van der Waals surface area contributed by atoms with Crippen molar-refractivity contribution in [1.82, 2.24) is 19.7 Å². The van der Waals surface area contributed by atoms with Crippen molar-refractivity contribution < 1.29 is 4.79 Å². The summed E-state index contributed by atoms with van der Waals surface area (Å²) in [4.78, 5) is 21.7. The predicted octanol–water partition coefficient (Wildman–Crippen LogP) is 4.22. The van der Waals surface area contributed by atoms with E-state index in [9.17, 15) is 4.79 Å². The van der Waals surface area contributed by atoms with E-state index in [1.807, 2.05) is 36.4 Å². The maximum absolute atomic E-state index is 12.4. The van der Waals surface area contributed by atoms with Crippen LogP contribution in [0.4, 0.5) is 5.13 Å². The van der Waals surface area contributed by atoms with E-state index in [2.05, 4.69) is 20.4 Å². The molecular formula is C19H14ClN5OS. The number of hydrogen-bond donors (Lipinski definition) is 1. The number of carbonyl (C=O) groups excluding carboxylic acids is 1. The van der Waals surface area contributed by atoms with E-state index < -0.39 is 0 Å². The van der Waals surface area contributed by atoms with Gasteiger partial charge in [-0.1, -0.05) is 29.8 Å². The fraction of sp³-hybridized carbons (Fsp3) is 0.0526. The van der Waals surface area contributed by atoms with E-state index in [1.54, 1.807) is 29.3 Å². The van der Waals surface area contributed by atoms with Crippen molar-refractivity contribution in [2.45, 2.75) is 6.42 Å². The number of amides is 1. The van der Waals surface area contributed by atoms with Crippen LogP contribution in [-0.4, -0.2) is 25.7 Å². The number of nitrogens with zero attached hydrogens (tertiary/aromatic N) is 4. The lowest BCUT2D eigenvalue weighted by atomic mass is 10.1. The van der Waals surface area contributed by atoms with Gasteiger partial charge >= 0.3 is 0 Å². The molecule has 2 heterocycles. The van der Waals surface area contributed by atoms with E-state index in [1.165, 1.54) is 17.7 Å². The van der Waals surface area contributed by atoms with Crippen molar-refractivity contribution in [2.75, 3.05) is 5.32 Å². The molecule has 134 valence electrons. The van der Waals surface area contributed by atoms with Crippen molar-refractivity contribution in [2.24, 2.45) is 0 Å². The molecular weight excluding hydrogens is 382 g/mol. The van der Waals surface area contributed by atoms with Crippen LogP contribution in [0.1, 0.15) is 20.8 Å². The summed E-state index contributed by atoms with van der Waals surface area (Å²) in [6, 6.07) is 14.8. The predicted molar refractivity (Wildman–Crippen MR) is 106 cm³/mol. The van der Waals surface area contributed by atoms with Gasteiger partial charge in [-0.3, -0.25) is 10.1 Å². The van der Waals surface area contributed by atoms with Crippen molar-refractivity contribution in [3.05, 3.63) is 88.4 Å². The summed E-state index contributed by atoms with van der Waals surface area (Å²) in [6.07, 6.45) is 5.51. The van der Waals surface area contributed by atoms with Gasteiger partial charge in [-0.2, -0.15) is 5.10 Å². The van der Waals surface area contributed by atoms with Gasteiger partial charge in [0.1, 0.15) is 12.7 Å². The highest BCUT2D eigenvalue weighted by Gasteiger charge is 2.11. The first-order valence-corrected chi connectivity index (χ1v) is 9.33. The molecule has 27 heavy (non-hydrogen) atoms. The topological polar surface area (TPSA) is 72.7 Å². The van der Waals surface area contributed by atoms with E-state index in [4.69, 9.17) is 11.6 Å². The number of aromatic nitrogens is 4. The minimum absolute atomic E-state index is 0.209. The molecule has 0 bridgehead atoms. The molecule has 6 nitrogen and oxygen atoms in total. The van der Waals surface area contributed by atoms with Crippen LogP contribution in [0.15, 0.2) is 67.4 Å². The molecule has 0 fully saturated rings. The van der Waals surface area contributed by atoms with Crippen LogP contribution < -0.4 is 5.32 Å². The molecule has 4 aromatic rings. The lowest BCUT2D eigenvalue weighted by molar-refractivity contribution is 0.102. The Labute approximate surface area is 164 Å². The largest absolute Gasteiger partial charge is 0.298 e. The van der Waals surface area contributed by atoms with Crippen LogP contribution in [0.3, 0.4) is 0 Å². The first-order chi connectivity index (χ1) is 13.2. The average Bonchev–Trinajstić information content (AvgIpc) is 3.36. The zero-order chi connectivity index (χ0) is 18.6. The summed E-state index contributed by atoms with van der Waals surface area (Å²) in [5.74, 6) is -0.209. The number of rotatable bonds is 5. The minimum Gasteiger partial charge on any atom is -0.298 e. The summed E-state index contributed by atoms with van der Waals surface area (Å²) >= 11 is 7.64. The van der Waals surface area contributed by atoms with Crippen LogP contribution in [0.5, 0.6) is 0 Å². The number of benzene rings is 2. The fourth-order valence-electron chi connectivity index (χ4n) is 2.55. The van der Waals surface area contributed by atoms with Crippen LogP contribution in [0, 0.1) is 0 Å². The molecule has 2 aromatic carbocycles. The Hall–Kier alpha value is -3.03.